The molecule has 2 heterocycles. The van der Waals surface area contributed by atoms with E-state index in [1.807, 2.05) is 4.57 Å². The van der Waals surface area contributed by atoms with Gasteiger partial charge in [0.15, 0.2) is 5.82 Å². The predicted octanol–water partition coefficient (Wildman–Crippen LogP) is 4.28. The number of rotatable bonds is 4. The molecule has 1 amide bonds. The van der Waals surface area contributed by atoms with E-state index in [9.17, 15) is 19.3 Å². The summed E-state index contributed by atoms with van der Waals surface area (Å²) >= 11 is 0. The number of nitro groups is 1. The lowest BCUT2D eigenvalue weighted by Crippen LogP contribution is -2.14. The molecule has 0 bridgehead atoms. The van der Waals surface area contributed by atoms with E-state index in [0.29, 0.717) is 11.5 Å². The van der Waals surface area contributed by atoms with Crippen LogP contribution in [0.15, 0.2) is 36.4 Å². The Balaban J connectivity index is 1.65. The summed E-state index contributed by atoms with van der Waals surface area (Å²) in [6, 6.07) is 8.55. The highest BCUT2D eigenvalue weighted by Crippen LogP contribution is 2.28. The summed E-state index contributed by atoms with van der Waals surface area (Å²) in [5.74, 6) is 0.309. The number of anilines is 1. The normalized spacial score (nSPS) is 13.4. The Morgan fingerprint density at radius 3 is 2.83 bits per heavy atom. The molecule has 1 aliphatic heterocycles. The zero-order valence-electron chi connectivity index (χ0n) is 16.4. The average molecular weight is 409 g/mol. The Hall–Kier alpha value is -3.62. The Morgan fingerprint density at radius 2 is 2.03 bits per heavy atom. The maximum atomic E-state index is 14.6. The molecule has 0 radical (unpaired) electrons. The van der Waals surface area contributed by atoms with E-state index in [-0.39, 0.29) is 22.4 Å². The van der Waals surface area contributed by atoms with E-state index in [4.69, 9.17) is 0 Å². The number of aryl methyl sites for hydroxylation is 1. The van der Waals surface area contributed by atoms with Crippen LogP contribution in [-0.4, -0.2) is 25.6 Å². The second-order valence-corrected chi connectivity index (χ2v) is 7.26. The van der Waals surface area contributed by atoms with Crippen molar-refractivity contribution >= 4 is 17.3 Å². The molecule has 4 rings (SSSR count). The molecule has 1 N–H and O–H groups in total. The van der Waals surface area contributed by atoms with Crippen LogP contribution in [0.5, 0.6) is 0 Å². The highest BCUT2D eigenvalue weighted by molar-refractivity contribution is 6.06. The lowest BCUT2D eigenvalue weighted by Gasteiger charge is -2.11. The Morgan fingerprint density at radius 1 is 1.20 bits per heavy atom. The van der Waals surface area contributed by atoms with Crippen LogP contribution in [0.3, 0.4) is 0 Å². The molecule has 0 aliphatic carbocycles. The summed E-state index contributed by atoms with van der Waals surface area (Å²) in [5.41, 5.74) is 0.947. The first-order valence-electron chi connectivity index (χ1n) is 9.73. The van der Waals surface area contributed by atoms with Crippen LogP contribution in [0.1, 0.15) is 41.0 Å². The maximum Gasteiger partial charge on any atom is 0.273 e. The van der Waals surface area contributed by atoms with Crippen molar-refractivity contribution in [1.82, 2.24) is 14.8 Å². The van der Waals surface area contributed by atoms with Crippen LogP contribution in [0.4, 0.5) is 15.8 Å². The predicted molar refractivity (Wildman–Crippen MR) is 109 cm³/mol. The van der Waals surface area contributed by atoms with Crippen molar-refractivity contribution in [3.8, 4) is 11.4 Å². The van der Waals surface area contributed by atoms with E-state index < -0.39 is 16.6 Å². The van der Waals surface area contributed by atoms with Crippen molar-refractivity contribution in [2.45, 2.75) is 39.2 Å². The molecular formula is C21H20FN5O3. The van der Waals surface area contributed by atoms with Crippen LogP contribution in [0, 0.1) is 22.9 Å². The van der Waals surface area contributed by atoms with E-state index in [2.05, 4.69) is 15.5 Å². The Kier molecular flexibility index (Phi) is 5.26. The molecule has 0 unspecified atom stereocenters. The van der Waals surface area contributed by atoms with E-state index >= 15 is 0 Å². The largest absolute Gasteiger partial charge is 0.322 e. The van der Waals surface area contributed by atoms with Crippen LogP contribution < -0.4 is 5.32 Å². The molecule has 1 aliphatic rings. The molecule has 0 atom stereocenters. The molecule has 0 fully saturated rings. The minimum atomic E-state index is -0.529. The van der Waals surface area contributed by atoms with Crippen LogP contribution in [-0.2, 0) is 13.0 Å². The quantitative estimate of drug-likeness (QED) is 0.512. The number of nitrogens with zero attached hydrogens (tertiary/aromatic N) is 4. The second-order valence-electron chi connectivity index (χ2n) is 7.26. The van der Waals surface area contributed by atoms with Gasteiger partial charge in [-0.1, -0.05) is 12.5 Å². The number of hydrogen-bond acceptors (Lipinski definition) is 5. The molecule has 9 heteroatoms. The lowest BCUT2D eigenvalue weighted by molar-refractivity contribution is -0.385. The SMILES string of the molecule is Cc1c(C(=O)Nc2ccc(F)c(-c3nnc4n3CCCCC4)c2)cccc1[N+](=O)[O-]. The molecule has 0 spiro atoms. The molecule has 0 saturated carbocycles. The number of amides is 1. The number of carbonyl (C=O) groups excluding carboxylic acids is 1. The second kappa shape index (κ2) is 8.02. The molecule has 0 saturated heterocycles. The maximum absolute atomic E-state index is 14.6. The fourth-order valence-electron chi connectivity index (χ4n) is 3.72. The molecular weight excluding hydrogens is 389 g/mol. The first-order valence-corrected chi connectivity index (χ1v) is 9.73. The van der Waals surface area contributed by atoms with Crippen molar-refractivity contribution in [3.63, 3.8) is 0 Å². The molecule has 154 valence electrons. The topological polar surface area (TPSA) is 103 Å². The number of hydrogen-bond donors (Lipinski definition) is 1. The van der Waals surface area contributed by atoms with Crippen molar-refractivity contribution in [2.75, 3.05) is 5.32 Å². The van der Waals surface area contributed by atoms with Gasteiger partial charge >= 0.3 is 0 Å². The third-order valence-electron chi connectivity index (χ3n) is 5.32. The average Bonchev–Trinajstić information content (AvgIpc) is 2.97. The summed E-state index contributed by atoms with van der Waals surface area (Å²) in [5, 5.41) is 22.2. The van der Waals surface area contributed by atoms with Crippen LogP contribution in [0.2, 0.25) is 0 Å². The Bertz CT molecular complexity index is 1140. The van der Waals surface area contributed by atoms with Gasteiger partial charge in [-0.3, -0.25) is 14.9 Å². The minimum Gasteiger partial charge on any atom is -0.322 e. The summed E-state index contributed by atoms with van der Waals surface area (Å²) < 4.78 is 16.5. The fraction of sp³-hybridized carbons (Fsp3) is 0.286. The summed E-state index contributed by atoms with van der Waals surface area (Å²) in [7, 11) is 0. The van der Waals surface area contributed by atoms with Gasteiger partial charge < -0.3 is 9.88 Å². The molecule has 1 aromatic heterocycles. The van der Waals surface area contributed by atoms with Gasteiger partial charge in [-0.05, 0) is 44.0 Å². The molecule has 3 aromatic rings. The van der Waals surface area contributed by atoms with Crippen LogP contribution >= 0.6 is 0 Å². The zero-order valence-corrected chi connectivity index (χ0v) is 16.4. The number of carbonyl (C=O) groups is 1. The summed E-state index contributed by atoms with van der Waals surface area (Å²) in [6.45, 7) is 2.25. The van der Waals surface area contributed by atoms with Gasteiger partial charge in [0.2, 0.25) is 0 Å². The van der Waals surface area contributed by atoms with Crippen molar-refractivity contribution < 1.29 is 14.1 Å². The van der Waals surface area contributed by atoms with Gasteiger partial charge in [0.25, 0.3) is 11.6 Å². The first-order chi connectivity index (χ1) is 14.5. The van der Waals surface area contributed by atoms with E-state index in [0.717, 1.165) is 38.1 Å². The number of nitro benzene ring substituents is 1. The van der Waals surface area contributed by atoms with Gasteiger partial charge in [0, 0.05) is 35.8 Å². The van der Waals surface area contributed by atoms with E-state index in [1.165, 1.54) is 43.3 Å². The third kappa shape index (κ3) is 3.66. The standard InChI is InChI=1S/C21H20FN5O3/c1-13-15(6-5-7-18(13)27(29)30)21(28)23-14-9-10-17(22)16(12-14)20-25-24-19-8-3-2-4-11-26(19)20/h5-7,9-10,12H,2-4,8,11H2,1H3,(H,23,28). The third-order valence-corrected chi connectivity index (χ3v) is 5.32. The minimum absolute atomic E-state index is 0.131. The number of benzene rings is 2. The fourth-order valence-corrected chi connectivity index (χ4v) is 3.72. The highest BCUT2D eigenvalue weighted by Gasteiger charge is 2.21. The first kappa shape index (κ1) is 19.7. The van der Waals surface area contributed by atoms with Crippen LogP contribution in [0.25, 0.3) is 11.4 Å². The number of fused-ring (bicyclic) bond motifs is 1. The summed E-state index contributed by atoms with van der Waals surface area (Å²) in [4.78, 5) is 23.3. The summed E-state index contributed by atoms with van der Waals surface area (Å²) in [6.07, 6.45) is 3.89. The number of aromatic nitrogens is 3. The van der Waals surface area contributed by atoms with Gasteiger partial charge in [-0.2, -0.15) is 0 Å². The Labute approximate surface area is 171 Å². The monoisotopic (exact) mass is 409 g/mol. The molecule has 8 nitrogen and oxygen atoms in total. The van der Waals surface area contributed by atoms with Gasteiger partial charge in [-0.25, -0.2) is 4.39 Å². The highest BCUT2D eigenvalue weighted by atomic mass is 19.1. The lowest BCUT2D eigenvalue weighted by atomic mass is 10.1. The van der Waals surface area contributed by atoms with Gasteiger partial charge in [0.05, 0.1) is 10.5 Å². The molecule has 30 heavy (non-hydrogen) atoms. The van der Waals surface area contributed by atoms with Gasteiger partial charge in [0.1, 0.15) is 11.6 Å². The number of nitrogens with one attached hydrogen (secondary N) is 1. The van der Waals surface area contributed by atoms with Crippen molar-refractivity contribution in [2.24, 2.45) is 0 Å². The molecule has 2 aromatic carbocycles. The van der Waals surface area contributed by atoms with E-state index in [1.54, 1.807) is 0 Å². The number of halogens is 1. The van der Waals surface area contributed by atoms with Crippen molar-refractivity contribution in [1.29, 1.82) is 0 Å². The van der Waals surface area contributed by atoms with Crippen molar-refractivity contribution in [3.05, 3.63) is 69.3 Å². The van der Waals surface area contributed by atoms with Gasteiger partial charge in [-0.15, -0.1) is 10.2 Å². The smallest absolute Gasteiger partial charge is 0.273 e. The zero-order chi connectivity index (χ0) is 21.3.